The van der Waals surface area contributed by atoms with Crippen LogP contribution in [0.1, 0.15) is 23.2 Å². The van der Waals surface area contributed by atoms with Crippen molar-refractivity contribution in [3.8, 4) is 11.5 Å². The number of Topliss-reactive ketones (excluding diaryl/α,β-unsaturated/α-hetero) is 1. The molecule has 1 aromatic carbocycles. The molecule has 5 nitrogen and oxygen atoms in total. The van der Waals surface area contributed by atoms with E-state index in [4.69, 9.17) is 4.42 Å². The molecule has 7 heteroatoms. The number of rotatable bonds is 7. The molecule has 0 aliphatic heterocycles. The number of halogens is 1. The van der Waals surface area contributed by atoms with E-state index in [0.717, 1.165) is 5.56 Å². The summed E-state index contributed by atoms with van der Waals surface area (Å²) >= 11 is 1.41. The predicted molar refractivity (Wildman–Crippen MR) is 88.2 cm³/mol. The summed E-state index contributed by atoms with van der Waals surface area (Å²) in [6, 6.07) is 9.18. The summed E-state index contributed by atoms with van der Waals surface area (Å²) in [7, 11) is 0. The van der Waals surface area contributed by atoms with Crippen molar-refractivity contribution in [3.63, 3.8) is 0 Å². The van der Waals surface area contributed by atoms with Crippen LogP contribution in [0.2, 0.25) is 0 Å². The van der Waals surface area contributed by atoms with Crippen LogP contribution in [-0.2, 0) is 0 Å². The summed E-state index contributed by atoms with van der Waals surface area (Å²) in [6.07, 6.45) is 4.39. The zero-order valence-electron chi connectivity index (χ0n) is 12.7. The summed E-state index contributed by atoms with van der Waals surface area (Å²) in [5.41, 5.74) is 1.34. The number of nitrogens with zero attached hydrogens (tertiary/aromatic N) is 3. The third-order valence-electron chi connectivity index (χ3n) is 3.27. The van der Waals surface area contributed by atoms with Crippen LogP contribution in [0.25, 0.3) is 11.5 Å². The van der Waals surface area contributed by atoms with E-state index in [1.165, 1.54) is 36.0 Å². The number of benzene rings is 1. The fourth-order valence-corrected chi connectivity index (χ4v) is 2.75. The third-order valence-corrected chi connectivity index (χ3v) is 4.18. The van der Waals surface area contributed by atoms with Crippen molar-refractivity contribution in [2.45, 2.75) is 18.1 Å². The van der Waals surface area contributed by atoms with E-state index in [9.17, 15) is 9.18 Å². The van der Waals surface area contributed by atoms with Crippen molar-refractivity contribution in [1.29, 1.82) is 0 Å². The minimum absolute atomic E-state index is 0.00129. The van der Waals surface area contributed by atoms with Gasteiger partial charge in [-0.2, -0.15) is 0 Å². The number of carbonyl (C=O) groups is 1. The van der Waals surface area contributed by atoms with Crippen LogP contribution in [0.4, 0.5) is 4.39 Å². The highest BCUT2D eigenvalue weighted by molar-refractivity contribution is 7.99. The predicted octanol–water partition coefficient (Wildman–Crippen LogP) is 4.03. The fraction of sp³-hybridized carbons (Fsp3) is 0.176. The second-order valence-electron chi connectivity index (χ2n) is 4.99. The lowest BCUT2D eigenvalue weighted by Gasteiger charge is -2.00. The number of hydrogen-bond acceptors (Lipinski definition) is 6. The number of carbonyl (C=O) groups excluding carboxylic acids is 1. The van der Waals surface area contributed by atoms with Gasteiger partial charge >= 0.3 is 0 Å². The van der Waals surface area contributed by atoms with E-state index in [0.29, 0.717) is 35.3 Å². The van der Waals surface area contributed by atoms with Gasteiger partial charge in [-0.15, -0.1) is 10.2 Å². The number of aromatic nitrogens is 3. The summed E-state index contributed by atoms with van der Waals surface area (Å²) in [5.74, 6) is 0.787. The minimum Gasteiger partial charge on any atom is -0.411 e. The van der Waals surface area contributed by atoms with Crippen LogP contribution < -0.4 is 0 Å². The molecule has 0 aliphatic rings. The molecule has 0 aliphatic carbocycles. The van der Waals surface area contributed by atoms with Gasteiger partial charge in [0.05, 0.1) is 0 Å². The molecular formula is C17H14FN3O2S. The van der Waals surface area contributed by atoms with Gasteiger partial charge in [-0.3, -0.25) is 9.78 Å². The molecule has 0 spiro atoms. The van der Waals surface area contributed by atoms with Gasteiger partial charge in [0.25, 0.3) is 5.22 Å². The van der Waals surface area contributed by atoms with Crippen LogP contribution in [0.3, 0.4) is 0 Å². The number of thioether (sulfide) groups is 1. The van der Waals surface area contributed by atoms with Gasteiger partial charge in [-0.05, 0) is 42.8 Å². The van der Waals surface area contributed by atoms with Crippen molar-refractivity contribution in [1.82, 2.24) is 15.2 Å². The lowest BCUT2D eigenvalue weighted by Crippen LogP contribution is -1.99. The molecule has 24 heavy (non-hydrogen) atoms. The van der Waals surface area contributed by atoms with E-state index >= 15 is 0 Å². The van der Waals surface area contributed by atoms with Crippen molar-refractivity contribution in [3.05, 3.63) is 60.2 Å². The first-order valence-electron chi connectivity index (χ1n) is 7.38. The topological polar surface area (TPSA) is 68.9 Å². The van der Waals surface area contributed by atoms with Gasteiger partial charge in [-0.25, -0.2) is 4.39 Å². The normalized spacial score (nSPS) is 10.7. The van der Waals surface area contributed by atoms with Gasteiger partial charge in [-0.1, -0.05) is 11.8 Å². The Morgan fingerprint density at radius 1 is 1.08 bits per heavy atom. The van der Waals surface area contributed by atoms with Crippen LogP contribution in [0.5, 0.6) is 0 Å². The molecule has 2 aromatic heterocycles. The van der Waals surface area contributed by atoms with Crippen LogP contribution in [-0.4, -0.2) is 26.7 Å². The Bertz CT molecular complexity index is 806. The maximum Gasteiger partial charge on any atom is 0.276 e. The molecule has 0 N–H and O–H groups in total. The average Bonchev–Trinajstić information content (AvgIpc) is 3.09. The largest absolute Gasteiger partial charge is 0.411 e. The second kappa shape index (κ2) is 7.83. The fourth-order valence-electron chi connectivity index (χ4n) is 2.05. The van der Waals surface area contributed by atoms with Crippen LogP contribution in [0, 0.1) is 5.82 Å². The molecule has 0 radical (unpaired) electrons. The maximum absolute atomic E-state index is 12.8. The van der Waals surface area contributed by atoms with E-state index in [2.05, 4.69) is 15.2 Å². The lowest BCUT2D eigenvalue weighted by molar-refractivity contribution is 0.0982. The highest BCUT2D eigenvalue weighted by Gasteiger charge is 2.10. The smallest absolute Gasteiger partial charge is 0.276 e. The Labute approximate surface area is 142 Å². The molecule has 0 bridgehead atoms. The second-order valence-corrected chi connectivity index (χ2v) is 6.04. The zero-order valence-corrected chi connectivity index (χ0v) is 13.5. The van der Waals surface area contributed by atoms with Crippen molar-refractivity contribution < 1.29 is 13.6 Å². The first-order chi connectivity index (χ1) is 11.7. The van der Waals surface area contributed by atoms with Crippen molar-refractivity contribution in [2.24, 2.45) is 0 Å². The average molecular weight is 343 g/mol. The Hall–Kier alpha value is -2.54. The van der Waals surface area contributed by atoms with E-state index in [1.807, 2.05) is 0 Å². The highest BCUT2D eigenvalue weighted by Crippen LogP contribution is 2.23. The summed E-state index contributed by atoms with van der Waals surface area (Å²) < 4.78 is 18.4. The Kier molecular flexibility index (Phi) is 5.32. The number of hydrogen-bond donors (Lipinski definition) is 0. The van der Waals surface area contributed by atoms with Gasteiger partial charge in [0.15, 0.2) is 5.78 Å². The van der Waals surface area contributed by atoms with Gasteiger partial charge in [0, 0.05) is 35.7 Å². The minimum atomic E-state index is -0.344. The first kappa shape index (κ1) is 16.3. The van der Waals surface area contributed by atoms with Crippen molar-refractivity contribution in [2.75, 3.05) is 5.75 Å². The van der Waals surface area contributed by atoms with E-state index in [-0.39, 0.29) is 11.6 Å². The molecule has 0 fully saturated rings. The molecule has 0 unspecified atom stereocenters. The lowest BCUT2D eigenvalue weighted by atomic mass is 10.1. The molecule has 2 heterocycles. The van der Waals surface area contributed by atoms with E-state index in [1.54, 1.807) is 24.5 Å². The summed E-state index contributed by atoms with van der Waals surface area (Å²) in [5, 5.41) is 8.43. The highest BCUT2D eigenvalue weighted by atomic mass is 32.2. The van der Waals surface area contributed by atoms with Gasteiger partial charge < -0.3 is 4.42 Å². The number of pyridine rings is 1. The summed E-state index contributed by atoms with van der Waals surface area (Å²) in [4.78, 5) is 15.9. The van der Waals surface area contributed by atoms with Crippen LogP contribution >= 0.6 is 11.8 Å². The quantitative estimate of drug-likeness (QED) is 0.366. The monoisotopic (exact) mass is 343 g/mol. The van der Waals surface area contributed by atoms with Crippen molar-refractivity contribution >= 4 is 17.5 Å². The SMILES string of the molecule is O=C(CCCSc1nnc(-c2ccncc2)o1)c1ccc(F)cc1. The van der Waals surface area contributed by atoms with Crippen LogP contribution in [0.15, 0.2) is 58.4 Å². The summed E-state index contributed by atoms with van der Waals surface area (Å²) in [6.45, 7) is 0. The zero-order chi connectivity index (χ0) is 16.8. The third kappa shape index (κ3) is 4.26. The Balaban J connectivity index is 1.46. The van der Waals surface area contributed by atoms with E-state index < -0.39 is 0 Å². The molecule has 3 aromatic rings. The molecule has 0 amide bonds. The molecule has 0 saturated heterocycles. The molecule has 3 rings (SSSR count). The Morgan fingerprint density at radius 2 is 1.83 bits per heavy atom. The molecule has 0 atom stereocenters. The van der Waals surface area contributed by atoms with Gasteiger partial charge in [0.1, 0.15) is 5.82 Å². The standard InChI is InChI=1S/C17H14FN3O2S/c18-14-5-3-12(4-6-14)15(22)2-1-11-24-17-21-20-16(23-17)13-7-9-19-10-8-13/h3-10H,1-2,11H2. The Morgan fingerprint density at radius 3 is 2.58 bits per heavy atom. The molecular weight excluding hydrogens is 329 g/mol. The maximum atomic E-state index is 12.8. The number of ketones is 1. The van der Waals surface area contributed by atoms with Gasteiger partial charge in [0.2, 0.25) is 5.89 Å². The first-order valence-corrected chi connectivity index (χ1v) is 8.36. The molecule has 0 saturated carbocycles. The molecule has 122 valence electrons.